The fraction of sp³-hybridized carbons (Fsp3) is 0.136. The molecule has 0 saturated carbocycles. The van der Waals surface area contributed by atoms with Crippen molar-refractivity contribution in [3.8, 4) is 0 Å². The van der Waals surface area contributed by atoms with Gasteiger partial charge in [-0.25, -0.2) is 9.78 Å². The maximum Gasteiger partial charge on any atom is 0.338 e. The third kappa shape index (κ3) is 6.31. The number of amides is 1. The first-order chi connectivity index (χ1) is 14.0. The first-order valence-electron chi connectivity index (χ1n) is 8.87. The molecule has 0 aliphatic rings. The van der Waals surface area contributed by atoms with E-state index in [1.54, 1.807) is 4.90 Å². The van der Waals surface area contributed by atoms with Crippen LogP contribution in [0.3, 0.4) is 0 Å². The number of esters is 1. The second kappa shape index (κ2) is 10.0. The molecule has 5 nitrogen and oxygen atoms in total. The minimum atomic E-state index is -0.691. The Balaban J connectivity index is 1.69. The summed E-state index contributed by atoms with van der Waals surface area (Å²) < 4.78 is 5.18. The number of nitrogens with zero attached hydrogens (tertiary/aromatic N) is 2. The monoisotopic (exact) mass is 428 g/mol. The molecule has 2 aromatic carbocycles. The minimum absolute atomic E-state index is 0.0746. The van der Waals surface area contributed by atoms with E-state index >= 15 is 0 Å². The number of carbonyl (C=O) groups is 2. The van der Waals surface area contributed by atoms with Crippen molar-refractivity contribution in [2.45, 2.75) is 13.1 Å². The molecule has 0 atom stereocenters. The zero-order chi connectivity index (χ0) is 20.6. The Bertz CT molecular complexity index is 920. The molecule has 3 aromatic rings. The van der Waals surface area contributed by atoms with Gasteiger partial charge in [0.2, 0.25) is 0 Å². The maximum atomic E-state index is 12.8. The highest BCUT2D eigenvalue weighted by Gasteiger charge is 2.18. The van der Waals surface area contributed by atoms with E-state index in [0.717, 1.165) is 11.1 Å². The molecular weight excluding hydrogens is 411 g/mol. The van der Waals surface area contributed by atoms with Crippen LogP contribution in [0.2, 0.25) is 10.3 Å². The molecule has 1 amide bonds. The van der Waals surface area contributed by atoms with E-state index in [-0.39, 0.29) is 21.8 Å². The van der Waals surface area contributed by atoms with Crippen LogP contribution in [0.1, 0.15) is 21.5 Å². The first-order valence-corrected chi connectivity index (χ1v) is 9.62. The summed E-state index contributed by atoms with van der Waals surface area (Å²) in [5.74, 6) is -0.999. The van der Waals surface area contributed by atoms with Crippen molar-refractivity contribution >= 4 is 35.1 Å². The second-order valence-electron chi connectivity index (χ2n) is 6.30. The highest BCUT2D eigenvalue weighted by Crippen LogP contribution is 2.16. The van der Waals surface area contributed by atoms with E-state index in [9.17, 15) is 9.59 Å². The van der Waals surface area contributed by atoms with Crippen molar-refractivity contribution in [2.75, 3.05) is 6.61 Å². The number of hydrogen-bond donors (Lipinski definition) is 0. The van der Waals surface area contributed by atoms with Gasteiger partial charge in [0, 0.05) is 13.1 Å². The summed E-state index contributed by atoms with van der Waals surface area (Å²) in [5.41, 5.74) is 2.10. The summed E-state index contributed by atoms with van der Waals surface area (Å²) in [6.07, 6.45) is 0. The van der Waals surface area contributed by atoms with Crippen LogP contribution in [0, 0.1) is 0 Å². The normalized spacial score (nSPS) is 10.4. The zero-order valence-electron chi connectivity index (χ0n) is 15.4. The van der Waals surface area contributed by atoms with Crippen LogP contribution < -0.4 is 0 Å². The molecule has 0 aliphatic heterocycles. The molecule has 0 saturated heterocycles. The predicted octanol–water partition coefficient (Wildman–Crippen LogP) is 4.77. The molecule has 0 spiro atoms. The van der Waals surface area contributed by atoms with E-state index in [1.165, 1.54) is 12.1 Å². The van der Waals surface area contributed by atoms with Crippen LogP contribution in [0.5, 0.6) is 0 Å². The highest BCUT2D eigenvalue weighted by molar-refractivity contribution is 6.32. The number of benzene rings is 2. The topological polar surface area (TPSA) is 59.5 Å². The molecule has 0 aliphatic carbocycles. The number of ether oxygens (including phenoxy) is 1. The number of carbonyl (C=O) groups excluding carboxylic acids is 2. The fourth-order valence-electron chi connectivity index (χ4n) is 2.72. The largest absolute Gasteiger partial charge is 0.452 e. The molecule has 0 radical (unpaired) electrons. The molecule has 0 fully saturated rings. The van der Waals surface area contributed by atoms with Gasteiger partial charge in [0.05, 0.1) is 5.56 Å². The van der Waals surface area contributed by atoms with Gasteiger partial charge in [-0.2, -0.15) is 0 Å². The van der Waals surface area contributed by atoms with Crippen LogP contribution in [0.15, 0.2) is 72.8 Å². The molecule has 148 valence electrons. The lowest BCUT2D eigenvalue weighted by atomic mass is 10.1. The lowest BCUT2D eigenvalue weighted by Gasteiger charge is -2.23. The lowest BCUT2D eigenvalue weighted by Crippen LogP contribution is -2.34. The zero-order valence-corrected chi connectivity index (χ0v) is 16.9. The summed E-state index contributed by atoms with van der Waals surface area (Å²) in [6.45, 7) is 0.411. The Morgan fingerprint density at radius 1 is 0.828 bits per heavy atom. The fourth-order valence-corrected chi connectivity index (χ4v) is 3.18. The Hall–Kier alpha value is -2.89. The Kier molecular flexibility index (Phi) is 7.22. The van der Waals surface area contributed by atoms with Crippen molar-refractivity contribution < 1.29 is 14.3 Å². The molecule has 1 heterocycles. The van der Waals surface area contributed by atoms with Gasteiger partial charge in [-0.05, 0) is 23.3 Å². The van der Waals surface area contributed by atoms with E-state index in [4.69, 9.17) is 27.9 Å². The van der Waals surface area contributed by atoms with E-state index in [0.29, 0.717) is 13.1 Å². The average Bonchev–Trinajstić information content (AvgIpc) is 2.72. The smallest absolute Gasteiger partial charge is 0.338 e. The van der Waals surface area contributed by atoms with E-state index in [2.05, 4.69) is 4.98 Å². The quantitative estimate of drug-likeness (QED) is 0.401. The van der Waals surface area contributed by atoms with Gasteiger partial charge >= 0.3 is 5.97 Å². The van der Waals surface area contributed by atoms with Crippen LogP contribution in [0.4, 0.5) is 0 Å². The number of halogens is 2. The molecular formula is C22H18Cl2N2O3. The molecule has 0 N–H and O–H groups in total. The van der Waals surface area contributed by atoms with Crippen LogP contribution in [-0.2, 0) is 22.6 Å². The number of rotatable bonds is 7. The van der Waals surface area contributed by atoms with Crippen molar-refractivity contribution in [3.63, 3.8) is 0 Å². The van der Waals surface area contributed by atoms with Crippen molar-refractivity contribution in [2.24, 2.45) is 0 Å². The average molecular weight is 429 g/mol. The molecule has 3 rings (SSSR count). The molecule has 29 heavy (non-hydrogen) atoms. The molecule has 0 unspecified atom stereocenters. The maximum absolute atomic E-state index is 12.8. The highest BCUT2D eigenvalue weighted by atomic mass is 35.5. The number of aromatic nitrogens is 1. The molecule has 7 heteroatoms. The molecule has 0 bridgehead atoms. The number of pyridine rings is 1. The third-order valence-electron chi connectivity index (χ3n) is 4.11. The Morgan fingerprint density at radius 3 is 1.79 bits per heavy atom. The van der Waals surface area contributed by atoms with E-state index < -0.39 is 12.6 Å². The summed E-state index contributed by atoms with van der Waals surface area (Å²) >= 11 is 11.6. The van der Waals surface area contributed by atoms with Gasteiger partial charge in [0.1, 0.15) is 10.3 Å². The SMILES string of the molecule is O=C(OCC(=O)N(Cc1ccccc1)Cc1ccccc1)c1cc(Cl)nc(Cl)c1. The summed E-state index contributed by atoms with van der Waals surface area (Å²) in [7, 11) is 0. The number of hydrogen-bond acceptors (Lipinski definition) is 4. The summed E-state index contributed by atoms with van der Waals surface area (Å²) in [6, 6.07) is 21.9. The third-order valence-corrected chi connectivity index (χ3v) is 4.50. The van der Waals surface area contributed by atoms with Gasteiger partial charge in [-0.3, -0.25) is 4.79 Å². The van der Waals surface area contributed by atoms with Gasteiger partial charge in [0.15, 0.2) is 6.61 Å². The van der Waals surface area contributed by atoms with Crippen molar-refractivity contribution in [1.29, 1.82) is 0 Å². The van der Waals surface area contributed by atoms with Crippen molar-refractivity contribution in [3.05, 3.63) is 99.8 Å². The van der Waals surface area contributed by atoms with Crippen LogP contribution in [-0.4, -0.2) is 28.4 Å². The lowest BCUT2D eigenvalue weighted by molar-refractivity contribution is -0.135. The van der Waals surface area contributed by atoms with Crippen molar-refractivity contribution in [1.82, 2.24) is 9.88 Å². The van der Waals surface area contributed by atoms with Gasteiger partial charge in [-0.15, -0.1) is 0 Å². The minimum Gasteiger partial charge on any atom is -0.452 e. The summed E-state index contributed by atoms with van der Waals surface area (Å²) in [5, 5.41) is 0.149. The molecule has 1 aromatic heterocycles. The van der Waals surface area contributed by atoms with Crippen LogP contribution in [0.25, 0.3) is 0 Å². The van der Waals surface area contributed by atoms with Gasteiger partial charge < -0.3 is 9.64 Å². The first kappa shape index (κ1) is 20.8. The van der Waals surface area contributed by atoms with Crippen LogP contribution >= 0.6 is 23.2 Å². The second-order valence-corrected chi connectivity index (χ2v) is 7.07. The standard InChI is InChI=1S/C22H18Cl2N2O3/c23-19-11-18(12-20(24)25-19)22(28)29-15-21(27)26(13-16-7-3-1-4-8-16)14-17-9-5-2-6-10-17/h1-12H,13-15H2. The predicted molar refractivity (Wildman–Crippen MR) is 112 cm³/mol. The van der Waals surface area contributed by atoms with E-state index in [1.807, 2.05) is 60.7 Å². The Labute approximate surface area is 178 Å². The van der Waals surface area contributed by atoms with Gasteiger partial charge in [-0.1, -0.05) is 83.9 Å². The summed E-state index contributed by atoms with van der Waals surface area (Å²) in [4.78, 5) is 30.5. The Morgan fingerprint density at radius 2 is 1.31 bits per heavy atom. The van der Waals surface area contributed by atoms with Gasteiger partial charge in [0.25, 0.3) is 5.91 Å².